The van der Waals surface area contributed by atoms with Crippen molar-refractivity contribution in [1.29, 1.82) is 0 Å². The van der Waals surface area contributed by atoms with E-state index >= 15 is 0 Å². The molecule has 0 bridgehead atoms. The summed E-state index contributed by atoms with van der Waals surface area (Å²) in [6, 6.07) is 7.27. The molecule has 1 atom stereocenters. The fourth-order valence-corrected chi connectivity index (χ4v) is 3.26. The fraction of sp³-hybridized carbons (Fsp3) is 0.333. The predicted molar refractivity (Wildman–Crippen MR) is 93.9 cm³/mol. The number of aromatic nitrogens is 4. The molecule has 1 aliphatic heterocycles. The van der Waals surface area contributed by atoms with Crippen molar-refractivity contribution in [3.63, 3.8) is 0 Å². The molecule has 1 amide bonds. The summed E-state index contributed by atoms with van der Waals surface area (Å²) in [5.41, 5.74) is 0.0112. The van der Waals surface area contributed by atoms with Gasteiger partial charge in [-0.1, -0.05) is 0 Å². The maximum atomic E-state index is 13.0. The Morgan fingerprint density at radius 2 is 2.04 bits per heavy atom. The zero-order valence-electron chi connectivity index (χ0n) is 14.5. The van der Waals surface area contributed by atoms with Gasteiger partial charge in [0.05, 0.1) is 12.2 Å². The molecule has 0 aliphatic carbocycles. The third-order valence-corrected chi connectivity index (χ3v) is 4.66. The zero-order chi connectivity index (χ0) is 18.8. The minimum Gasteiger partial charge on any atom is -0.491 e. The van der Waals surface area contributed by atoms with E-state index in [2.05, 4.69) is 10.2 Å². The number of hydrogen-bond donors (Lipinski definition) is 0. The largest absolute Gasteiger partial charge is 0.491 e. The lowest BCUT2D eigenvalue weighted by molar-refractivity contribution is -0.133. The van der Waals surface area contributed by atoms with Crippen LogP contribution in [0.5, 0.6) is 5.75 Å². The van der Waals surface area contributed by atoms with E-state index in [0.717, 1.165) is 17.5 Å². The molecule has 1 unspecified atom stereocenters. The molecule has 4 rings (SSSR count). The molecule has 2 aromatic heterocycles. The Morgan fingerprint density at radius 1 is 1.22 bits per heavy atom. The van der Waals surface area contributed by atoms with E-state index in [1.165, 1.54) is 29.2 Å². The van der Waals surface area contributed by atoms with Gasteiger partial charge in [0, 0.05) is 6.54 Å². The molecule has 9 heteroatoms. The molecule has 1 aromatic carbocycles. The van der Waals surface area contributed by atoms with E-state index in [-0.39, 0.29) is 29.9 Å². The molecule has 1 fully saturated rings. The van der Waals surface area contributed by atoms with Gasteiger partial charge in [-0.2, -0.15) is 10.2 Å². The lowest BCUT2D eigenvalue weighted by atomic mass is 10.2. The Labute approximate surface area is 153 Å². The van der Waals surface area contributed by atoms with Gasteiger partial charge in [0.25, 0.3) is 5.56 Å². The minimum atomic E-state index is -0.360. The van der Waals surface area contributed by atoms with Crippen molar-refractivity contribution in [2.24, 2.45) is 0 Å². The summed E-state index contributed by atoms with van der Waals surface area (Å²) in [5.74, 6) is 0.0477. The Morgan fingerprint density at radius 3 is 2.85 bits per heavy atom. The maximum Gasteiger partial charge on any atom is 0.293 e. The van der Waals surface area contributed by atoms with E-state index in [0.29, 0.717) is 24.4 Å². The van der Waals surface area contributed by atoms with Crippen LogP contribution < -0.4 is 10.3 Å². The van der Waals surface area contributed by atoms with E-state index in [9.17, 15) is 14.0 Å². The van der Waals surface area contributed by atoms with Gasteiger partial charge >= 0.3 is 0 Å². The highest BCUT2D eigenvalue weighted by molar-refractivity contribution is 5.76. The van der Waals surface area contributed by atoms with E-state index in [1.54, 1.807) is 23.1 Å². The van der Waals surface area contributed by atoms with Crippen LogP contribution in [-0.4, -0.2) is 49.4 Å². The number of carbonyl (C=O) groups excluding carboxylic acids is 1. The lowest BCUT2D eigenvalue weighted by Crippen LogP contribution is -2.42. The molecule has 3 aromatic rings. The molecule has 0 saturated carbocycles. The topological polar surface area (TPSA) is 81.7 Å². The highest BCUT2D eigenvalue weighted by Crippen LogP contribution is 2.20. The van der Waals surface area contributed by atoms with Gasteiger partial charge < -0.3 is 9.64 Å². The van der Waals surface area contributed by atoms with Crippen LogP contribution in [0.15, 0.2) is 47.7 Å². The third-order valence-electron chi connectivity index (χ3n) is 4.66. The van der Waals surface area contributed by atoms with Crippen molar-refractivity contribution in [3.05, 3.63) is 59.0 Å². The zero-order valence-corrected chi connectivity index (χ0v) is 14.5. The first-order valence-electron chi connectivity index (χ1n) is 8.69. The van der Waals surface area contributed by atoms with E-state index in [1.807, 2.05) is 0 Å². The second-order valence-corrected chi connectivity index (χ2v) is 6.40. The van der Waals surface area contributed by atoms with Gasteiger partial charge in [-0.25, -0.2) is 13.6 Å². The van der Waals surface area contributed by atoms with Crippen LogP contribution in [0.3, 0.4) is 0 Å². The molecule has 0 radical (unpaired) electrons. The van der Waals surface area contributed by atoms with Gasteiger partial charge in [0.2, 0.25) is 5.91 Å². The summed E-state index contributed by atoms with van der Waals surface area (Å²) in [6.07, 6.45) is 4.60. The fourth-order valence-electron chi connectivity index (χ4n) is 3.26. The summed E-state index contributed by atoms with van der Waals surface area (Å²) in [4.78, 5) is 26.8. The molecular formula is C18H18FN5O3. The first-order chi connectivity index (χ1) is 13.1. The van der Waals surface area contributed by atoms with Crippen molar-refractivity contribution in [2.45, 2.75) is 25.4 Å². The number of likely N-dealkylation sites (tertiary alicyclic amines) is 1. The van der Waals surface area contributed by atoms with Gasteiger partial charge in [0.15, 0.2) is 0 Å². The molecule has 0 N–H and O–H groups in total. The van der Waals surface area contributed by atoms with Crippen molar-refractivity contribution in [1.82, 2.24) is 24.3 Å². The van der Waals surface area contributed by atoms with Gasteiger partial charge in [-0.15, -0.1) is 0 Å². The Balaban J connectivity index is 1.43. The maximum absolute atomic E-state index is 13.0. The number of fused-ring (bicyclic) bond motifs is 1. The molecule has 3 heterocycles. The molecule has 1 saturated heterocycles. The summed E-state index contributed by atoms with van der Waals surface area (Å²) >= 11 is 0. The smallest absolute Gasteiger partial charge is 0.293 e. The van der Waals surface area contributed by atoms with Gasteiger partial charge in [-0.3, -0.25) is 9.59 Å². The second kappa shape index (κ2) is 7.18. The number of nitrogens with zero attached hydrogens (tertiary/aromatic N) is 5. The van der Waals surface area contributed by atoms with Crippen LogP contribution in [0.2, 0.25) is 0 Å². The summed E-state index contributed by atoms with van der Waals surface area (Å²) < 4.78 is 21.2. The number of carbonyl (C=O) groups is 1. The normalized spacial score (nSPS) is 16.8. The standard InChI is InChI=1S/C18H18FN5O3/c19-13-3-5-15(6-4-13)27-11-14-2-1-9-22(14)17(25)10-23-18(26)16-7-8-20-24(16)12-21-23/h3-8,12,14H,1-2,9-11H2. The Kier molecular flexibility index (Phi) is 4.57. The van der Waals surface area contributed by atoms with Crippen LogP contribution >= 0.6 is 0 Å². The van der Waals surface area contributed by atoms with Crippen molar-refractivity contribution >= 4 is 11.4 Å². The number of ether oxygens (including phenoxy) is 1. The van der Waals surface area contributed by atoms with E-state index in [4.69, 9.17) is 4.74 Å². The SMILES string of the molecule is O=C(Cn1ncn2nccc2c1=O)N1CCCC1COc1ccc(F)cc1. The van der Waals surface area contributed by atoms with Crippen LogP contribution in [0.4, 0.5) is 4.39 Å². The first kappa shape index (κ1) is 17.2. The summed E-state index contributed by atoms with van der Waals surface area (Å²) in [7, 11) is 0. The lowest BCUT2D eigenvalue weighted by Gasteiger charge is -2.25. The first-order valence-corrected chi connectivity index (χ1v) is 8.69. The van der Waals surface area contributed by atoms with Gasteiger partial charge in [-0.05, 0) is 43.2 Å². The number of amides is 1. The van der Waals surface area contributed by atoms with Crippen molar-refractivity contribution in [2.75, 3.05) is 13.2 Å². The Bertz CT molecular complexity index is 1010. The summed E-state index contributed by atoms with van der Waals surface area (Å²) in [5, 5.41) is 7.96. The minimum absolute atomic E-state index is 0.0862. The summed E-state index contributed by atoms with van der Waals surface area (Å²) in [6.45, 7) is 0.800. The van der Waals surface area contributed by atoms with Crippen LogP contribution in [0, 0.1) is 5.82 Å². The predicted octanol–water partition coefficient (Wildman–Crippen LogP) is 1.10. The molecule has 0 spiro atoms. The van der Waals surface area contributed by atoms with Crippen LogP contribution in [0.1, 0.15) is 12.8 Å². The quantitative estimate of drug-likeness (QED) is 0.671. The number of halogens is 1. The molecule has 27 heavy (non-hydrogen) atoms. The highest BCUT2D eigenvalue weighted by atomic mass is 19.1. The number of rotatable bonds is 5. The number of benzene rings is 1. The highest BCUT2D eigenvalue weighted by Gasteiger charge is 2.29. The average molecular weight is 371 g/mol. The van der Waals surface area contributed by atoms with Crippen molar-refractivity contribution < 1.29 is 13.9 Å². The monoisotopic (exact) mass is 371 g/mol. The molecular weight excluding hydrogens is 353 g/mol. The van der Waals surface area contributed by atoms with Crippen LogP contribution in [0.25, 0.3) is 5.52 Å². The van der Waals surface area contributed by atoms with E-state index < -0.39 is 0 Å². The molecule has 1 aliphatic rings. The van der Waals surface area contributed by atoms with Crippen molar-refractivity contribution in [3.8, 4) is 5.75 Å². The Hall–Kier alpha value is -3.23. The molecule has 140 valence electrons. The third kappa shape index (κ3) is 3.53. The number of hydrogen-bond acceptors (Lipinski definition) is 5. The van der Waals surface area contributed by atoms with Crippen LogP contribution in [-0.2, 0) is 11.3 Å². The average Bonchev–Trinajstić information content (AvgIpc) is 3.33. The van der Waals surface area contributed by atoms with Gasteiger partial charge in [0.1, 0.15) is 36.6 Å². The molecule has 8 nitrogen and oxygen atoms in total. The second-order valence-electron chi connectivity index (χ2n) is 6.40.